The maximum absolute atomic E-state index is 11.4. The lowest BCUT2D eigenvalue weighted by molar-refractivity contribution is -0.121. The number of carbonyl (C=O) groups is 1. The highest BCUT2D eigenvalue weighted by Gasteiger charge is 2.24. The van der Waals surface area contributed by atoms with Crippen molar-refractivity contribution in [2.24, 2.45) is 11.8 Å². The van der Waals surface area contributed by atoms with Crippen LogP contribution >= 0.6 is 0 Å². The number of amides is 1. The number of aromatic nitrogens is 2. The van der Waals surface area contributed by atoms with Crippen molar-refractivity contribution in [3.05, 3.63) is 17.5 Å². The van der Waals surface area contributed by atoms with E-state index in [1.807, 2.05) is 0 Å². The lowest BCUT2D eigenvalue weighted by Crippen LogP contribution is -2.24. The van der Waals surface area contributed by atoms with E-state index in [1.54, 1.807) is 7.05 Å². The molecule has 2 heterocycles. The van der Waals surface area contributed by atoms with Gasteiger partial charge in [0.2, 0.25) is 5.91 Å². The van der Waals surface area contributed by atoms with Crippen LogP contribution in [0.4, 0.5) is 0 Å². The van der Waals surface area contributed by atoms with E-state index in [9.17, 15) is 4.79 Å². The summed E-state index contributed by atoms with van der Waals surface area (Å²) in [4.78, 5) is 13.8. The Morgan fingerprint density at radius 3 is 3.10 bits per heavy atom. The van der Waals surface area contributed by atoms with E-state index in [1.165, 1.54) is 5.69 Å². The molecule has 0 bridgehead atoms. The molecular formula is C15H26N4O. The predicted octanol–water partition coefficient (Wildman–Crippen LogP) is 1.57. The third-order valence-electron chi connectivity index (χ3n) is 3.82. The first kappa shape index (κ1) is 15.0. The predicted molar refractivity (Wildman–Crippen MR) is 79.2 cm³/mol. The highest BCUT2D eigenvalue weighted by atomic mass is 16.1. The Labute approximate surface area is 121 Å². The van der Waals surface area contributed by atoms with Crippen molar-refractivity contribution >= 4 is 5.91 Å². The van der Waals surface area contributed by atoms with Gasteiger partial charge in [-0.1, -0.05) is 13.8 Å². The first-order valence-corrected chi connectivity index (χ1v) is 7.53. The van der Waals surface area contributed by atoms with Crippen LogP contribution in [0.15, 0.2) is 6.07 Å². The number of hydrogen-bond acceptors (Lipinski definition) is 3. The van der Waals surface area contributed by atoms with Gasteiger partial charge in [0, 0.05) is 32.3 Å². The van der Waals surface area contributed by atoms with Crippen LogP contribution < -0.4 is 5.32 Å². The molecule has 0 aliphatic carbocycles. The molecule has 2 N–H and O–H groups in total. The van der Waals surface area contributed by atoms with Crippen LogP contribution in [0.5, 0.6) is 0 Å². The van der Waals surface area contributed by atoms with E-state index >= 15 is 0 Å². The molecule has 1 amide bonds. The average Bonchev–Trinajstić information content (AvgIpc) is 2.99. The van der Waals surface area contributed by atoms with Crippen molar-refractivity contribution < 1.29 is 4.79 Å². The zero-order valence-corrected chi connectivity index (χ0v) is 12.8. The summed E-state index contributed by atoms with van der Waals surface area (Å²) in [7, 11) is 1.70. The van der Waals surface area contributed by atoms with Gasteiger partial charge in [-0.3, -0.25) is 14.8 Å². The van der Waals surface area contributed by atoms with Gasteiger partial charge in [0.05, 0.1) is 5.69 Å². The largest absolute Gasteiger partial charge is 0.359 e. The summed E-state index contributed by atoms with van der Waals surface area (Å²) in [6, 6.07) is 2.17. The molecule has 0 radical (unpaired) electrons. The summed E-state index contributed by atoms with van der Waals surface area (Å²) >= 11 is 0. The number of aromatic amines is 1. The van der Waals surface area contributed by atoms with Crippen LogP contribution in [0.2, 0.25) is 0 Å². The maximum Gasteiger partial charge on any atom is 0.220 e. The van der Waals surface area contributed by atoms with E-state index < -0.39 is 0 Å². The first-order valence-electron chi connectivity index (χ1n) is 7.53. The Morgan fingerprint density at radius 2 is 2.40 bits per heavy atom. The van der Waals surface area contributed by atoms with Gasteiger partial charge in [-0.15, -0.1) is 0 Å². The van der Waals surface area contributed by atoms with E-state index in [0.717, 1.165) is 38.2 Å². The quantitative estimate of drug-likeness (QED) is 0.830. The maximum atomic E-state index is 11.4. The Morgan fingerprint density at radius 1 is 1.60 bits per heavy atom. The van der Waals surface area contributed by atoms with Gasteiger partial charge in [0.1, 0.15) is 0 Å². The summed E-state index contributed by atoms with van der Waals surface area (Å²) < 4.78 is 0. The minimum atomic E-state index is 0.151. The lowest BCUT2D eigenvalue weighted by atomic mass is 10.0. The second kappa shape index (κ2) is 6.88. The van der Waals surface area contributed by atoms with Gasteiger partial charge in [-0.2, -0.15) is 5.10 Å². The third-order valence-corrected chi connectivity index (χ3v) is 3.82. The van der Waals surface area contributed by atoms with Gasteiger partial charge in [0.25, 0.3) is 0 Å². The van der Waals surface area contributed by atoms with Crippen molar-refractivity contribution in [2.75, 3.05) is 20.1 Å². The zero-order chi connectivity index (χ0) is 14.5. The van der Waals surface area contributed by atoms with Crippen LogP contribution in [0.25, 0.3) is 0 Å². The summed E-state index contributed by atoms with van der Waals surface area (Å²) in [5.41, 5.74) is 2.33. The van der Waals surface area contributed by atoms with Crippen molar-refractivity contribution in [3.63, 3.8) is 0 Å². The van der Waals surface area contributed by atoms with Crippen LogP contribution in [0.1, 0.15) is 38.1 Å². The second-order valence-corrected chi connectivity index (χ2v) is 6.25. The molecule has 0 spiro atoms. The number of rotatable bonds is 6. The number of H-pyrrole nitrogens is 1. The molecule has 112 valence electrons. The molecule has 2 rings (SSSR count). The molecule has 20 heavy (non-hydrogen) atoms. The van der Waals surface area contributed by atoms with E-state index in [0.29, 0.717) is 18.3 Å². The Hall–Kier alpha value is -1.36. The lowest BCUT2D eigenvalue weighted by Gasteiger charge is -2.14. The van der Waals surface area contributed by atoms with Crippen LogP contribution in [-0.4, -0.2) is 41.1 Å². The summed E-state index contributed by atoms with van der Waals surface area (Å²) in [6.07, 6.45) is 2.78. The summed E-state index contributed by atoms with van der Waals surface area (Å²) in [5, 5.41) is 10.2. The number of likely N-dealkylation sites (tertiary alicyclic amines) is 1. The van der Waals surface area contributed by atoms with Crippen LogP contribution in [0, 0.1) is 11.8 Å². The highest BCUT2D eigenvalue weighted by Crippen LogP contribution is 2.21. The molecule has 5 nitrogen and oxygen atoms in total. The summed E-state index contributed by atoms with van der Waals surface area (Å²) in [5.74, 6) is 1.28. The number of nitrogens with zero attached hydrogens (tertiary/aromatic N) is 2. The van der Waals surface area contributed by atoms with Gasteiger partial charge >= 0.3 is 0 Å². The number of carbonyl (C=O) groups excluding carboxylic acids is 1. The molecule has 1 saturated heterocycles. The van der Waals surface area contributed by atoms with Gasteiger partial charge in [0.15, 0.2) is 0 Å². The van der Waals surface area contributed by atoms with Crippen molar-refractivity contribution in [1.29, 1.82) is 0 Å². The molecule has 1 fully saturated rings. The van der Waals surface area contributed by atoms with Gasteiger partial charge in [-0.25, -0.2) is 0 Å². The summed E-state index contributed by atoms with van der Waals surface area (Å²) in [6.45, 7) is 7.40. The van der Waals surface area contributed by atoms with E-state index in [2.05, 4.69) is 40.3 Å². The SMILES string of the molecule is CNC(=O)C[C@@H]1CCN(Cc2cc(CC(C)C)n[nH]2)C1. The minimum Gasteiger partial charge on any atom is -0.359 e. The fourth-order valence-electron chi connectivity index (χ4n) is 2.84. The fourth-order valence-corrected chi connectivity index (χ4v) is 2.84. The Bertz CT molecular complexity index is 441. The van der Waals surface area contributed by atoms with Crippen molar-refractivity contribution in [2.45, 2.75) is 39.7 Å². The molecule has 1 aliphatic heterocycles. The molecule has 1 aliphatic rings. The van der Waals surface area contributed by atoms with Crippen molar-refractivity contribution in [3.8, 4) is 0 Å². The molecule has 5 heteroatoms. The molecule has 1 aromatic heterocycles. The fraction of sp³-hybridized carbons (Fsp3) is 0.733. The molecular weight excluding hydrogens is 252 g/mol. The smallest absolute Gasteiger partial charge is 0.220 e. The second-order valence-electron chi connectivity index (χ2n) is 6.25. The zero-order valence-electron chi connectivity index (χ0n) is 12.8. The van der Waals surface area contributed by atoms with Crippen LogP contribution in [-0.2, 0) is 17.8 Å². The topological polar surface area (TPSA) is 61.0 Å². The monoisotopic (exact) mass is 278 g/mol. The number of nitrogens with one attached hydrogen (secondary N) is 2. The Balaban J connectivity index is 1.80. The standard InChI is InChI=1S/C15H26N4O/c1-11(2)6-13-8-14(18-17-13)10-19-5-4-12(9-19)7-15(20)16-3/h8,11-12H,4-7,9-10H2,1-3H3,(H,16,20)(H,17,18)/t12-/m0/s1. The van der Waals surface area contributed by atoms with Gasteiger partial charge < -0.3 is 5.32 Å². The molecule has 0 aromatic carbocycles. The number of hydrogen-bond donors (Lipinski definition) is 2. The van der Waals surface area contributed by atoms with Gasteiger partial charge in [-0.05, 0) is 37.3 Å². The Kier molecular flexibility index (Phi) is 5.17. The average molecular weight is 278 g/mol. The third kappa shape index (κ3) is 4.34. The molecule has 0 unspecified atom stereocenters. The molecule has 1 aromatic rings. The first-order chi connectivity index (χ1) is 9.56. The minimum absolute atomic E-state index is 0.151. The van der Waals surface area contributed by atoms with Crippen molar-refractivity contribution in [1.82, 2.24) is 20.4 Å². The normalized spacial score (nSPS) is 19.7. The highest BCUT2D eigenvalue weighted by molar-refractivity contribution is 5.75. The van der Waals surface area contributed by atoms with E-state index in [-0.39, 0.29) is 5.91 Å². The molecule has 0 saturated carbocycles. The van der Waals surface area contributed by atoms with Crippen LogP contribution in [0.3, 0.4) is 0 Å². The van der Waals surface area contributed by atoms with E-state index in [4.69, 9.17) is 0 Å². The molecule has 1 atom stereocenters.